The van der Waals surface area contributed by atoms with Crippen molar-refractivity contribution in [1.29, 1.82) is 0 Å². The zero-order valence-electron chi connectivity index (χ0n) is 47.0. The van der Waals surface area contributed by atoms with Crippen molar-refractivity contribution in [2.75, 3.05) is 63.1 Å². The zero-order valence-corrected chi connectivity index (χ0v) is 47.0. The van der Waals surface area contributed by atoms with Crippen LogP contribution in [0.15, 0.2) is 73.2 Å². The number of aryl methyl sites for hydroxylation is 1. The van der Waals surface area contributed by atoms with E-state index in [1.807, 2.05) is 35.2 Å². The molecule has 23 nitrogen and oxygen atoms in total. The number of halogens is 1. The quantitative estimate of drug-likeness (QED) is 0.0447. The number of rotatable bonds is 22. The Bertz CT molecular complexity index is 3480. The maximum Gasteiger partial charge on any atom is 0.327 e. The summed E-state index contributed by atoms with van der Waals surface area (Å²) >= 11 is 0. The number of hydrogen-bond donors (Lipinski definition) is 4. The van der Waals surface area contributed by atoms with E-state index in [1.165, 1.54) is 29.8 Å². The molecular formula is C59H71FN16O7. The number of amides is 5. The van der Waals surface area contributed by atoms with E-state index in [2.05, 4.69) is 53.4 Å². The Hall–Kier alpha value is -8.83. The average molecular weight is 1140 g/mol. The van der Waals surface area contributed by atoms with Gasteiger partial charge in [-0.05, 0) is 105 Å². The number of esters is 1. The van der Waals surface area contributed by atoms with Crippen molar-refractivity contribution >= 4 is 74.6 Å². The van der Waals surface area contributed by atoms with Gasteiger partial charge in [-0.25, -0.2) is 19.0 Å². The van der Waals surface area contributed by atoms with E-state index in [4.69, 9.17) is 20.6 Å². The number of unbranched alkanes of at least 4 members (excludes halogenated alkanes) is 2. The Labute approximate surface area is 479 Å². The standard InChI is InChI=1S/C59H71FN16O7/c1-71-48-31-45(46(60)30-41(48)32-65-71)44-10-9-11-47-55(44)56(69-76(47)36-51(78)63-33-43-35-75(70-68-43)37-54(81)83-2)40-21-28-74(29-22-40)53(80)18-17-50(77)62-23-6-3-5-12-52(79)73-26-19-39(20-27-73)38-13-15-42(16-14-38)66-59-57(58(61)82)64-34-49(67-59)72-24-7-4-8-25-72/h9-11,13-16,30-32,34-35,39-40H,3-8,12,17-29,33,36-37H2,1-2H3,(H2,61,82)(H,62,77)(H,63,78)(H,66,67). The second-order valence-corrected chi connectivity index (χ2v) is 21.7. The van der Waals surface area contributed by atoms with Crippen LogP contribution in [0.1, 0.15) is 123 Å². The molecule has 5 N–H and O–H groups in total. The highest BCUT2D eigenvalue weighted by atomic mass is 19.1. The lowest BCUT2D eigenvalue weighted by atomic mass is 9.88. The number of aromatic nitrogens is 9. The number of methoxy groups -OCH3 is 1. The van der Waals surface area contributed by atoms with Crippen molar-refractivity contribution in [3.8, 4) is 11.1 Å². The van der Waals surface area contributed by atoms with Crippen LogP contribution in [0.5, 0.6) is 0 Å². The number of hydrogen-bond acceptors (Lipinski definition) is 15. The normalized spacial score (nSPS) is 15.2. The van der Waals surface area contributed by atoms with Gasteiger partial charge in [0.2, 0.25) is 23.6 Å². The van der Waals surface area contributed by atoms with Crippen molar-refractivity contribution in [2.45, 2.75) is 115 Å². The first-order valence-corrected chi connectivity index (χ1v) is 28.7. The van der Waals surface area contributed by atoms with Gasteiger partial charge in [0.1, 0.15) is 30.4 Å². The number of fused-ring (bicyclic) bond motifs is 2. The third kappa shape index (κ3) is 13.9. The predicted molar refractivity (Wildman–Crippen MR) is 307 cm³/mol. The molecule has 24 heteroatoms. The average Bonchev–Trinajstić information content (AvgIpc) is 4.37. The molecule has 3 saturated heterocycles. The number of nitrogens with two attached hydrogens (primary N) is 1. The highest BCUT2D eigenvalue weighted by Crippen LogP contribution is 2.40. The molecule has 5 amide bonds. The molecule has 0 unspecified atom stereocenters. The molecule has 7 heterocycles. The monoisotopic (exact) mass is 1130 g/mol. The number of benzene rings is 3. The number of likely N-dealkylation sites (tertiary alicyclic amines) is 2. The number of nitrogens with one attached hydrogen (secondary N) is 3. The number of ether oxygens (including phenoxy) is 1. The van der Waals surface area contributed by atoms with Gasteiger partial charge in [-0.15, -0.1) is 5.10 Å². The second kappa shape index (κ2) is 26.4. The molecule has 83 heavy (non-hydrogen) atoms. The molecule has 10 rings (SSSR count). The molecule has 7 aromatic rings. The SMILES string of the molecule is COC(=O)Cn1cc(CNC(=O)Cn2nc(C3CCN(C(=O)CCC(=O)NCCCCCC(=O)N4CCC(c5ccc(Nc6nc(N7CCCCC7)cnc6C(N)=O)cc5)CC4)CC3)c3c(-c4cc5c(cnn5C)cc4F)cccc32)nn1. The molecule has 3 aliphatic heterocycles. The maximum atomic E-state index is 16.0. The fourth-order valence-electron chi connectivity index (χ4n) is 11.5. The molecule has 4 aromatic heterocycles. The first-order valence-electron chi connectivity index (χ1n) is 28.7. The molecule has 0 atom stereocenters. The molecule has 3 aromatic carbocycles. The van der Waals surface area contributed by atoms with Gasteiger partial charge in [0.15, 0.2) is 11.5 Å². The van der Waals surface area contributed by atoms with E-state index in [1.54, 1.807) is 46.0 Å². The Morgan fingerprint density at radius 1 is 0.759 bits per heavy atom. The lowest BCUT2D eigenvalue weighted by Crippen LogP contribution is -2.38. The highest BCUT2D eigenvalue weighted by molar-refractivity contribution is 6.00. The van der Waals surface area contributed by atoms with Crippen LogP contribution >= 0.6 is 0 Å². The van der Waals surface area contributed by atoms with E-state index in [-0.39, 0.29) is 67.7 Å². The summed E-state index contributed by atoms with van der Waals surface area (Å²) in [5, 5.41) is 27.7. The van der Waals surface area contributed by atoms with Crippen molar-refractivity contribution < 1.29 is 37.9 Å². The minimum Gasteiger partial charge on any atom is -0.468 e. The molecule has 3 aliphatic rings. The summed E-state index contributed by atoms with van der Waals surface area (Å²) in [6, 6.07) is 16.9. The number of primary amides is 1. The lowest BCUT2D eigenvalue weighted by Gasteiger charge is -2.32. The Morgan fingerprint density at radius 3 is 2.23 bits per heavy atom. The molecule has 0 bridgehead atoms. The number of piperidine rings is 3. The number of anilines is 3. The minimum absolute atomic E-state index is 0.0587. The minimum atomic E-state index is -0.643. The largest absolute Gasteiger partial charge is 0.468 e. The molecule has 3 fully saturated rings. The van der Waals surface area contributed by atoms with Gasteiger partial charge >= 0.3 is 5.97 Å². The molecule has 436 valence electrons. The summed E-state index contributed by atoms with van der Waals surface area (Å²) in [5.74, 6) is -0.801. The van der Waals surface area contributed by atoms with E-state index in [9.17, 15) is 28.8 Å². The van der Waals surface area contributed by atoms with Gasteiger partial charge in [0, 0.05) is 100 Å². The van der Waals surface area contributed by atoms with Crippen LogP contribution < -0.4 is 26.6 Å². The molecule has 0 spiro atoms. The highest BCUT2D eigenvalue weighted by Gasteiger charge is 2.31. The van der Waals surface area contributed by atoms with Gasteiger partial charge in [0.05, 0.1) is 49.0 Å². The van der Waals surface area contributed by atoms with Crippen LogP contribution in [0.2, 0.25) is 0 Å². The van der Waals surface area contributed by atoms with E-state index >= 15 is 4.39 Å². The maximum absolute atomic E-state index is 16.0. The predicted octanol–water partition coefficient (Wildman–Crippen LogP) is 6.00. The van der Waals surface area contributed by atoms with Crippen molar-refractivity contribution in [2.24, 2.45) is 12.8 Å². The lowest BCUT2D eigenvalue weighted by molar-refractivity contribution is -0.141. The van der Waals surface area contributed by atoms with E-state index in [0.717, 1.165) is 80.4 Å². The molecule has 0 aliphatic carbocycles. The topological polar surface area (TPSA) is 276 Å². The third-order valence-electron chi connectivity index (χ3n) is 16.2. The van der Waals surface area contributed by atoms with Crippen LogP contribution in [-0.4, -0.2) is 143 Å². The van der Waals surface area contributed by atoms with Crippen LogP contribution in [0, 0.1) is 5.82 Å². The van der Waals surface area contributed by atoms with Crippen LogP contribution in [0.4, 0.5) is 21.7 Å². The first-order chi connectivity index (χ1) is 40.3. The summed E-state index contributed by atoms with van der Waals surface area (Å²) in [5.41, 5.74) is 11.3. The Balaban J connectivity index is 0.652. The van der Waals surface area contributed by atoms with E-state index in [0.29, 0.717) is 97.1 Å². The summed E-state index contributed by atoms with van der Waals surface area (Å²) in [6.07, 6.45) is 13.8. The fourth-order valence-corrected chi connectivity index (χ4v) is 11.5. The van der Waals surface area contributed by atoms with E-state index < -0.39 is 17.7 Å². The summed E-state index contributed by atoms with van der Waals surface area (Å²) in [4.78, 5) is 91.9. The second-order valence-electron chi connectivity index (χ2n) is 21.7. The molecule has 0 radical (unpaired) electrons. The first kappa shape index (κ1) is 57.4. The van der Waals surface area contributed by atoms with Crippen molar-refractivity contribution in [1.82, 2.24) is 65.0 Å². The third-order valence-corrected chi connectivity index (χ3v) is 16.2. The van der Waals surface area contributed by atoms with Crippen LogP contribution in [-0.2, 0) is 55.4 Å². The van der Waals surface area contributed by atoms with Crippen molar-refractivity contribution in [3.63, 3.8) is 0 Å². The van der Waals surface area contributed by atoms with Crippen molar-refractivity contribution in [3.05, 3.63) is 102 Å². The van der Waals surface area contributed by atoms with Crippen LogP contribution in [0.3, 0.4) is 0 Å². The molecule has 0 saturated carbocycles. The zero-order chi connectivity index (χ0) is 58.0. The van der Waals surface area contributed by atoms with Gasteiger partial charge in [-0.1, -0.05) is 35.9 Å². The van der Waals surface area contributed by atoms with Crippen LogP contribution in [0.25, 0.3) is 32.9 Å². The smallest absolute Gasteiger partial charge is 0.327 e. The fraction of sp³-hybridized carbons (Fsp3) is 0.458. The Kier molecular flexibility index (Phi) is 18.3. The number of carbonyl (C=O) groups excluding carboxylic acids is 6. The van der Waals surface area contributed by atoms with Gasteiger partial charge in [-0.3, -0.25) is 38.1 Å². The van der Waals surface area contributed by atoms with Gasteiger partial charge < -0.3 is 41.1 Å². The number of nitrogens with zero attached hydrogens (tertiary/aromatic N) is 12. The summed E-state index contributed by atoms with van der Waals surface area (Å²) in [6.45, 7) is 4.31. The summed E-state index contributed by atoms with van der Waals surface area (Å²) in [7, 11) is 3.08. The molecular weight excluding hydrogens is 1060 g/mol. The Morgan fingerprint density at radius 2 is 1.49 bits per heavy atom. The number of carbonyl (C=O) groups is 6. The summed E-state index contributed by atoms with van der Waals surface area (Å²) < 4.78 is 25.4. The van der Waals surface area contributed by atoms with Gasteiger partial charge in [0.25, 0.3) is 5.91 Å². The van der Waals surface area contributed by atoms with Gasteiger partial charge in [-0.2, -0.15) is 10.2 Å².